The van der Waals surface area contributed by atoms with E-state index in [0.717, 1.165) is 6.54 Å². The Bertz CT molecular complexity index is 701. The first kappa shape index (κ1) is 15.2. The van der Waals surface area contributed by atoms with Crippen molar-refractivity contribution in [3.05, 3.63) is 64.7 Å². The number of nitrogens with zero attached hydrogens (tertiary/aromatic N) is 2. The molecule has 1 atom stereocenters. The second-order valence-electron chi connectivity index (χ2n) is 6.12. The minimum absolute atomic E-state index is 0.491. The third-order valence-corrected chi connectivity index (χ3v) is 6.78. The smallest absolute Gasteiger partial charge is 0.0645 e. The van der Waals surface area contributed by atoms with Crippen LogP contribution in [0.25, 0.3) is 0 Å². The molecule has 0 spiro atoms. The Balaban J connectivity index is 1.67. The van der Waals surface area contributed by atoms with Crippen LogP contribution in [0.3, 0.4) is 0 Å². The molecule has 2 nitrogen and oxygen atoms in total. The first-order valence-corrected chi connectivity index (χ1v) is 9.71. The molecule has 0 radical (unpaired) electrons. The van der Waals surface area contributed by atoms with Crippen LogP contribution in [-0.2, 0) is 19.4 Å². The lowest BCUT2D eigenvalue weighted by atomic mass is 9.90. The molecule has 0 amide bonds. The standard InChI is InChI=1S/C18H18I2N2/c19-21-10-9-13-5-6-15(11-16(13)12-21)18-8-7-14-3-1-2-4-17(14)22(18)20/h1-6,11,18H,7-10,12H2. The van der Waals surface area contributed by atoms with Crippen LogP contribution in [0.2, 0.25) is 0 Å². The molecule has 0 saturated carbocycles. The highest BCUT2D eigenvalue weighted by Crippen LogP contribution is 2.41. The van der Waals surface area contributed by atoms with Gasteiger partial charge in [0.1, 0.15) is 0 Å². The van der Waals surface area contributed by atoms with E-state index in [1.807, 2.05) is 0 Å². The summed E-state index contributed by atoms with van der Waals surface area (Å²) in [4.78, 5) is 0. The van der Waals surface area contributed by atoms with Gasteiger partial charge in [-0.1, -0.05) is 36.4 Å². The van der Waals surface area contributed by atoms with Crippen molar-refractivity contribution in [3.8, 4) is 0 Å². The number of fused-ring (bicyclic) bond motifs is 2. The number of anilines is 1. The topological polar surface area (TPSA) is 6.48 Å². The quantitative estimate of drug-likeness (QED) is 0.378. The van der Waals surface area contributed by atoms with Crippen molar-refractivity contribution in [1.82, 2.24) is 3.11 Å². The van der Waals surface area contributed by atoms with Gasteiger partial charge in [0.2, 0.25) is 0 Å². The molecule has 0 fully saturated rings. The summed E-state index contributed by atoms with van der Waals surface area (Å²) in [7, 11) is 0. The summed E-state index contributed by atoms with van der Waals surface area (Å²) in [5.74, 6) is 0. The molecular formula is C18H18I2N2. The van der Waals surface area contributed by atoms with E-state index in [-0.39, 0.29) is 0 Å². The molecule has 22 heavy (non-hydrogen) atoms. The molecular weight excluding hydrogens is 498 g/mol. The molecule has 1 unspecified atom stereocenters. The average molecular weight is 516 g/mol. The first-order chi connectivity index (χ1) is 10.7. The number of para-hydroxylation sites is 1. The molecule has 0 N–H and O–H groups in total. The van der Waals surface area contributed by atoms with Gasteiger partial charge in [-0.05, 0) is 47.6 Å². The summed E-state index contributed by atoms with van der Waals surface area (Å²) in [6.45, 7) is 2.25. The Morgan fingerprint density at radius 2 is 1.77 bits per heavy atom. The van der Waals surface area contributed by atoms with E-state index in [9.17, 15) is 0 Å². The molecule has 0 saturated heterocycles. The second-order valence-corrected chi connectivity index (χ2v) is 8.52. The highest BCUT2D eigenvalue weighted by Gasteiger charge is 2.26. The molecule has 2 heterocycles. The van der Waals surface area contributed by atoms with Crippen LogP contribution < -0.4 is 3.11 Å². The lowest BCUT2D eigenvalue weighted by Gasteiger charge is -2.35. The van der Waals surface area contributed by atoms with Gasteiger partial charge in [0.15, 0.2) is 0 Å². The van der Waals surface area contributed by atoms with Crippen molar-refractivity contribution in [2.24, 2.45) is 0 Å². The van der Waals surface area contributed by atoms with Crippen LogP contribution in [0.1, 0.15) is 34.7 Å². The largest absolute Gasteiger partial charge is 0.307 e. The van der Waals surface area contributed by atoms with Crippen LogP contribution >= 0.6 is 45.7 Å². The molecule has 114 valence electrons. The van der Waals surface area contributed by atoms with Crippen molar-refractivity contribution in [3.63, 3.8) is 0 Å². The van der Waals surface area contributed by atoms with Crippen molar-refractivity contribution < 1.29 is 0 Å². The molecule has 2 aliphatic rings. The molecule has 2 aromatic carbocycles. The highest BCUT2D eigenvalue weighted by atomic mass is 127. The number of halogens is 2. The minimum atomic E-state index is 0.491. The molecule has 0 aromatic heterocycles. The molecule has 2 aromatic rings. The maximum Gasteiger partial charge on any atom is 0.0645 e. The van der Waals surface area contributed by atoms with Crippen LogP contribution in [0, 0.1) is 0 Å². The van der Waals surface area contributed by atoms with E-state index >= 15 is 0 Å². The molecule has 0 aliphatic carbocycles. The van der Waals surface area contributed by atoms with Gasteiger partial charge in [-0.2, -0.15) is 0 Å². The van der Waals surface area contributed by atoms with E-state index in [1.165, 1.54) is 53.7 Å². The predicted octanol–water partition coefficient (Wildman–Crippen LogP) is 5.24. The van der Waals surface area contributed by atoms with Gasteiger partial charge in [-0.3, -0.25) is 0 Å². The second kappa shape index (κ2) is 6.28. The average Bonchev–Trinajstić information content (AvgIpc) is 2.55. The van der Waals surface area contributed by atoms with Gasteiger partial charge < -0.3 is 3.11 Å². The third kappa shape index (κ3) is 2.78. The number of benzene rings is 2. The van der Waals surface area contributed by atoms with E-state index < -0.39 is 0 Å². The Morgan fingerprint density at radius 1 is 0.909 bits per heavy atom. The van der Waals surface area contributed by atoms with Crippen molar-refractivity contribution >= 4 is 51.4 Å². The third-order valence-electron chi connectivity index (χ3n) is 4.76. The summed E-state index contributed by atoms with van der Waals surface area (Å²) in [6.07, 6.45) is 3.56. The number of hydrogen-bond donors (Lipinski definition) is 0. The summed E-state index contributed by atoms with van der Waals surface area (Å²) in [5.41, 5.74) is 7.38. The minimum Gasteiger partial charge on any atom is -0.307 e. The van der Waals surface area contributed by atoms with Crippen LogP contribution in [-0.4, -0.2) is 9.66 Å². The normalized spacial score (nSPS) is 21.4. The van der Waals surface area contributed by atoms with Crippen molar-refractivity contribution in [2.75, 3.05) is 9.66 Å². The van der Waals surface area contributed by atoms with Gasteiger partial charge in [-0.15, -0.1) is 0 Å². The van der Waals surface area contributed by atoms with E-state index in [2.05, 4.69) is 94.4 Å². The molecule has 4 rings (SSSR count). The first-order valence-electron chi connectivity index (χ1n) is 7.78. The predicted molar refractivity (Wildman–Crippen MR) is 109 cm³/mol. The zero-order valence-electron chi connectivity index (χ0n) is 12.3. The molecule has 4 heteroatoms. The Kier molecular flexibility index (Phi) is 4.34. The fraction of sp³-hybridized carbons (Fsp3) is 0.333. The van der Waals surface area contributed by atoms with Crippen LogP contribution in [0.4, 0.5) is 5.69 Å². The zero-order chi connectivity index (χ0) is 15.1. The maximum atomic E-state index is 2.50. The Morgan fingerprint density at radius 3 is 2.68 bits per heavy atom. The SMILES string of the molecule is IN1CCc2ccc(C3CCc4ccccc4N3I)cc2C1. The fourth-order valence-corrected chi connectivity index (χ4v) is 5.23. The number of rotatable bonds is 1. The van der Waals surface area contributed by atoms with Gasteiger partial charge in [-0.25, -0.2) is 3.11 Å². The molecule has 0 bridgehead atoms. The number of aryl methyl sites for hydroxylation is 1. The lowest BCUT2D eigenvalue weighted by Crippen LogP contribution is -2.26. The Labute approximate surface area is 159 Å². The summed E-state index contributed by atoms with van der Waals surface area (Å²) in [5, 5.41) is 0. The zero-order valence-corrected chi connectivity index (χ0v) is 16.6. The summed E-state index contributed by atoms with van der Waals surface area (Å²) in [6, 6.07) is 16.5. The maximum absolute atomic E-state index is 2.50. The summed E-state index contributed by atoms with van der Waals surface area (Å²) >= 11 is 4.94. The van der Waals surface area contributed by atoms with Gasteiger partial charge >= 0.3 is 0 Å². The van der Waals surface area contributed by atoms with Crippen molar-refractivity contribution in [2.45, 2.75) is 31.8 Å². The number of hydrogen-bond acceptors (Lipinski definition) is 2. The fourth-order valence-electron chi connectivity index (χ4n) is 3.55. The molecule has 2 aliphatic heterocycles. The van der Waals surface area contributed by atoms with E-state index in [1.54, 1.807) is 0 Å². The van der Waals surface area contributed by atoms with E-state index in [0.29, 0.717) is 6.04 Å². The van der Waals surface area contributed by atoms with Crippen LogP contribution in [0.15, 0.2) is 42.5 Å². The monoisotopic (exact) mass is 516 g/mol. The van der Waals surface area contributed by atoms with E-state index in [4.69, 9.17) is 0 Å². The summed E-state index contributed by atoms with van der Waals surface area (Å²) < 4.78 is 4.82. The van der Waals surface area contributed by atoms with Crippen LogP contribution in [0.5, 0.6) is 0 Å². The van der Waals surface area contributed by atoms with Crippen molar-refractivity contribution in [1.29, 1.82) is 0 Å². The Hall–Kier alpha value is -0.340. The lowest BCUT2D eigenvalue weighted by molar-refractivity contribution is 0.479. The van der Waals surface area contributed by atoms with Gasteiger partial charge in [0.05, 0.1) is 28.9 Å². The highest BCUT2D eigenvalue weighted by molar-refractivity contribution is 14.1. The van der Waals surface area contributed by atoms with Gasteiger partial charge in [0.25, 0.3) is 0 Å². The van der Waals surface area contributed by atoms with Gasteiger partial charge in [0, 0.05) is 41.6 Å².